The largest absolute Gasteiger partial charge is 0.317 e. The number of benzene rings is 2. The molecule has 0 aliphatic carbocycles. The standard InChI is InChI=1S/C19H22FNS/c1-13-3-5-17(11-14(13)2)22-19-12-16(20)4-6-18(19)15-7-9-21-10-8-15/h3-6,11-12,15,21H,7-10H2,1-2H3. The molecule has 2 aromatic rings. The summed E-state index contributed by atoms with van der Waals surface area (Å²) in [5.74, 6) is 0.389. The minimum atomic E-state index is -0.149. The molecule has 1 aliphatic heterocycles. The molecule has 2 aromatic carbocycles. The normalized spacial score (nSPS) is 16.0. The minimum Gasteiger partial charge on any atom is -0.317 e. The lowest BCUT2D eigenvalue weighted by Crippen LogP contribution is -2.26. The van der Waals surface area contributed by atoms with E-state index in [1.807, 2.05) is 6.07 Å². The minimum absolute atomic E-state index is 0.149. The van der Waals surface area contributed by atoms with E-state index in [1.54, 1.807) is 23.9 Å². The summed E-state index contributed by atoms with van der Waals surface area (Å²) in [4.78, 5) is 2.25. The molecule has 116 valence electrons. The van der Waals surface area contributed by atoms with E-state index in [2.05, 4.69) is 37.4 Å². The number of hydrogen-bond donors (Lipinski definition) is 1. The zero-order valence-corrected chi connectivity index (χ0v) is 14.0. The Morgan fingerprint density at radius 1 is 1.00 bits per heavy atom. The maximum absolute atomic E-state index is 13.7. The highest BCUT2D eigenvalue weighted by Crippen LogP contribution is 2.38. The van der Waals surface area contributed by atoms with Crippen molar-refractivity contribution in [3.63, 3.8) is 0 Å². The van der Waals surface area contributed by atoms with Gasteiger partial charge in [0.15, 0.2) is 0 Å². The van der Waals surface area contributed by atoms with Gasteiger partial charge in [-0.3, -0.25) is 0 Å². The average molecular weight is 315 g/mol. The second-order valence-electron chi connectivity index (χ2n) is 6.05. The Labute approximate surface area is 136 Å². The third kappa shape index (κ3) is 3.53. The first-order valence-corrected chi connectivity index (χ1v) is 8.70. The molecule has 1 N–H and O–H groups in total. The zero-order chi connectivity index (χ0) is 15.5. The SMILES string of the molecule is Cc1ccc(Sc2cc(F)ccc2C2CCNCC2)cc1C. The van der Waals surface area contributed by atoms with Crippen LogP contribution in [0.2, 0.25) is 0 Å². The van der Waals surface area contributed by atoms with E-state index in [-0.39, 0.29) is 5.82 Å². The maximum Gasteiger partial charge on any atom is 0.124 e. The van der Waals surface area contributed by atoms with Crippen LogP contribution in [0.3, 0.4) is 0 Å². The van der Waals surface area contributed by atoms with Crippen molar-refractivity contribution in [2.75, 3.05) is 13.1 Å². The highest BCUT2D eigenvalue weighted by atomic mass is 32.2. The molecule has 22 heavy (non-hydrogen) atoms. The Bertz CT molecular complexity index is 662. The van der Waals surface area contributed by atoms with Crippen LogP contribution in [0.1, 0.15) is 35.4 Å². The molecule has 0 saturated carbocycles. The van der Waals surface area contributed by atoms with Gasteiger partial charge < -0.3 is 5.32 Å². The van der Waals surface area contributed by atoms with Gasteiger partial charge in [0.2, 0.25) is 0 Å². The van der Waals surface area contributed by atoms with Crippen molar-refractivity contribution < 1.29 is 4.39 Å². The third-order valence-corrected chi connectivity index (χ3v) is 5.52. The molecule has 3 heteroatoms. The molecule has 0 aromatic heterocycles. The van der Waals surface area contributed by atoms with Crippen LogP contribution in [0.25, 0.3) is 0 Å². The van der Waals surface area contributed by atoms with E-state index in [4.69, 9.17) is 0 Å². The number of nitrogens with one attached hydrogen (secondary N) is 1. The molecule has 1 fully saturated rings. The van der Waals surface area contributed by atoms with Gasteiger partial charge in [-0.25, -0.2) is 4.39 Å². The molecule has 0 bridgehead atoms. The Kier molecular flexibility index (Phi) is 4.84. The Balaban J connectivity index is 1.90. The van der Waals surface area contributed by atoms with Gasteiger partial charge in [0.25, 0.3) is 0 Å². The highest BCUT2D eigenvalue weighted by Gasteiger charge is 2.19. The van der Waals surface area contributed by atoms with Gasteiger partial charge in [-0.15, -0.1) is 0 Å². The predicted octanol–water partition coefficient (Wildman–Crippen LogP) is 5.06. The number of hydrogen-bond acceptors (Lipinski definition) is 2. The number of halogens is 1. The van der Waals surface area contributed by atoms with E-state index < -0.39 is 0 Å². The molecule has 0 amide bonds. The first-order chi connectivity index (χ1) is 10.6. The first kappa shape index (κ1) is 15.6. The monoisotopic (exact) mass is 315 g/mol. The van der Waals surface area contributed by atoms with Crippen LogP contribution in [-0.4, -0.2) is 13.1 Å². The summed E-state index contributed by atoms with van der Waals surface area (Å²) in [5, 5.41) is 3.40. The number of aryl methyl sites for hydroxylation is 2. The van der Waals surface area contributed by atoms with Crippen LogP contribution < -0.4 is 5.32 Å². The Morgan fingerprint density at radius 2 is 1.77 bits per heavy atom. The van der Waals surface area contributed by atoms with Crippen LogP contribution in [0.15, 0.2) is 46.2 Å². The first-order valence-electron chi connectivity index (χ1n) is 7.89. The van der Waals surface area contributed by atoms with E-state index >= 15 is 0 Å². The van der Waals surface area contributed by atoms with Gasteiger partial charge >= 0.3 is 0 Å². The Hall–Kier alpha value is -1.32. The summed E-state index contributed by atoms with van der Waals surface area (Å²) < 4.78 is 13.7. The zero-order valence-electron chi connectivity index (χ0n) is 13.2. The third-order valence-electron chi connectivity index (χ3n) is 4.46. The summed E-state index contributed by atoms with van der Waals surface area (Å²) in [6.45, 7) is 6.34. The molecule has 1 heterocycles. The highest BCUT2D eigenvalue weighted by molar-refractivity contribution is 7.99. The van der Waals surface area contributed by atoms with Crippen LogP contribution in [-0.2, 0) is 0 Å². The molecule has 1 aliphatic rings. The molecule has 1 nitrogen and oxygen atoms in total. The van der Waals surface area contributed by atoms with Crippen LogP contribution in [0.4, 0.5) is 4.39 Å². The maximum atomic E-state index is 13.7. The molecule has 3 rings (SSSR count). The number of rotatable bonds is 3. The quantitative estimate of drug-likeness (QED) is 0.849. The predicted molar refractivity (Wildman–Crippen MR) is 91.3 cm³/mol. The van der Waals surface area contributed by atoms with Crippen molar-refractivity contribution in [1.29, 1.82) is 0 Å². The van der Waals surface area contributed by atoms with E-state index in [0.717, 1.165) is 30.8 Å². The van der Waals surface area contributed by atoms with E-state index in [1.165, 1.54) is 21.6 Å². The van der Waals surface area contributed by atoms with Crippen molar-refractivity contribution in [1.82, 2.24) is 5.32 Å². The van der Waals surface area contributed by atoms with Crippen molar-refractivity contribution in [2.45, 2.75) is 42.4 Å². The van der Waals surface area contributed by atoms with Crippen LogP contribution in [0, 0.1) is 19.7 Å². The van der Waals surface area contributed by atoms with Gasteiger partial charge in [0.05, 0.1) is 0 Å². The van der Waals surface area contributed by atoms with Crippen LogP contribution in [0.5, 0.6) is 0 Å². The molecule has 0 radical (unpaired) electrons. The second-order valence-corrected chi connectivity index (χ2v) is 7.17. The summed E-state index contributed by atoms with van der Waals surface area (Å²) >= 11 is 1.68. The van der Waals surface area contributed by atoms with Crippen LogP contribution >= 0.6 is 11.8 Å². The fourth-order valence-corrected chi connectivity index (χ4v) is 4.12. The fourth-order valence-electron chi connectivity index (χ4n) is 2.97. The summed E-state index contributed by atoms with van der Waals surface area (Å²) in [6, 6.07) is 11.7. The molecular formula is C19H22FNS. The summed E-state index contributed by atoms with van der Waals surface area (Å²) in [6.07, 6.45) is 2.26. The lowest BCUT2D eigenvalue weighted by molar-refractivity contribution is 0.455. The van der Waals surface area contributed by atoms with Gasteiger partial charge in [-0.1, -0.05) is 23.9 Å². The van der Waals surface area contributed by atoms with Crippen molar-refractivity contribution in [2.24, 2.45) is 0 Å². The van der Waals surface area contributed by atoms with Gasteiger partial charge in [-0.2, -0.15) is 0 Å². The fraction of sp³-hybridized carbons (Fsp3) is 0.368. The van der Waals surface area contributed by atoms with Crippen molar-refractivity contribution in [3.8, 4) is 0 Å². The van der Waals surface area contributed by atoms with Crippen molar-refractivity contribution in [3.05, 3.63) is 58.9 Å². The molecule has 0 unspecified atom stereocenters. The topological polar surface area (TPSA) is 12.0 Å². The summed E-state index contributed by atoms with van der Waals surface area (Å²) in [7, 11) is 0. The molecule has 0 spiro atoms. The van der Waals surface area contributed by atoms with Crippen molar-refractivity contribution >= 4 is 11.8 Å². The van der Waals surface area contributed by atoms with E-state index in [9.17, 15) is 4.39 Å². The molecule has 1 saturated heterocycles. The molecular weight excluding hydrogens is 293 g/mol. The smallest absolute Gasteiger partial charge is 0.124 e. The second kappa shape index (κ2) is 6.84. The Morgan fingerprint density at radius 3 is 2.50 bits per heavy atom. The lowest BCUT2D eigenvalue weighted by Gasteiger charge is -2.25. The lowest BCUT2D eigenvalue weighted by atomic mass is 9.90. The van der Waals surface area contributed by atoms with E-state index in [0.29, 0.717) is 5.92 Å². The summed E-state index contributed by atoms with van der Waals surface area (Å²) in [5.41, 5.74) is 3.87. The number of piperidine rings is 1. The average Bonchev–Trinajstić information content (AvgIpc) is 2.52. The van der Waals surface area contributed by atoms with Gasteiger partial charge in [-0.05, 0) is 86.7 Å². The molecule has 0 atom stereocenters. The van der Waals surface area contributed by atoms with Gasteiger partial charge in [0.1, 0.15) is 5.82 Å². The van der Waals surface area contributed by atoms with Gasteiger partial charge in [0, 0.05) is 9.79 Å².